The van der Waals surface area contributed by atoms with E-state index in [1.807, 2.05) is 30.3 Å². The number of ether oxygens (including phenoxy) is 1. The number of nitrogens with one attached hydrogen (secondary N) is 1. The molecule has 0 aliphatic carbocycles. The summed E-state index contributed by atoms with van der Waals surface area (Å²) < 4.78 is 7.67. The number of thiophene rings is 1. The second-order valence-electron chi connectivity index (χ2n) is 7.44. The summed E-state index contributed by atoms with van der Waals surface area (Å²) in [6, 6.07) is 16.1. The number of nitrogens with zero attached hydrogens (tertiary/aromatic N) is 3. The first kappa shape index (κ1) is 22.0. The van der Waals surface area contributed by atoms with Crippen LogP contribution in [-0.2, 0) is 20.1 Å². The van der Waals surface area contributed by atoms with Gasteiger partial charge < -0.3 is 10.1 Å². The van der Waals surface area contributed by atoms with E-state index in [1.165, 1.54) is 4.57 Å². The average molecular weight is 462 g/mol. The zero-order chi connectivity index (χ0) is 23.5. The van der Waals surface area contributed by atoms with Crippen molar-refractivity contribution in [3.63, 3.8) is 0 Å². The number of fused-ring (bicyclic) bond motifs is 1. The molecule has 2 heterocycles. The van der Waals surface area contributed by atoms with Crippen LogP contribution in [0.2, 0.25) is 0 Å². The van der Waals surface area contributed by atoms with Gasteiger partial charge in [0.1, 0.15) is 16.7 Å². The van der Waals surface area contributed by atoms with Crippen molar-refractivity contribution in [2.24, 2.45) is 7.05 Å². The molecule has 9 heteroatoms. The van der Waals surface area contributed by atoms with Gasteiger partial charge in [-0.25, -0.2) is 9.59 Å². The van der Waals surface area contributed by atoms with Gasteiger partial charge in [0, 0.05) is 13.6 Å². The lowest BCUT2D eigenvalue weighted by Gasteiger charge is -2.07. The second-order valence-corrected chi connectivity index (χ2v) is 9.02. The maximum Gasteiger partial charge on any atom is 0.456 e. The van der Waals surface area contributed by atoms with Gasteiger partial charge >= 0.3 is 10.9 Å². The number of carbonyl (C=O) groups excluding carboxylic acids is 1. The van der Waals surface area contributed by atoms with E-state index in [4.69, 9.17) is 10.00 Å². The van der Waals surface area contributed by atoms with E-state index < -0.39 is 21.7 Å². The monoisotopic (exact) mass is 461 g/mol. The van der Waals surface area contributed by atoms with Gasteiger partial charge in [0.2, 0.25) is 0 Å². The molecule has 0 saturated heterocycles. The number of hydrogen-bond donors (Lipinski definition) is 1. The lowest BCUT2D eigenvalue weighted by atomic mass is 10.1. The molecule has 2 aromatic carbocycles. The predicted octanol–water partition coefficient (Wildman–Crippen LogP) is 3.14. The van der Waals surface area contributed by atoms with Gasteiger partial charge in [-0.15, -0.1) is 0 Å². The SMILES string of the molecule is COc1ccc(CNC(=O)[s+]2cc3c(=O)n(Cc4ccc(C#N)cc4)c(=O)n(C)c3c2)cc1. The summed E-state index contributed by atoms with van der Waals surface area (Å²) in [5, 5.41) is 15.2. The summed E-state index contributed by atoms with van der Waals surface area (Å²) in [6.07, 6.45) is 0. The molecule has 1 amide bonds. The summed E-state index contributed by atoms with van der Waals surface area (Å²) in [6.45, 7) is 0.419. The van der Waals surface area contributed by atoms with Gasteiger partial charge in [0.05, 0.1) is 35.8 Å². The molecule has 0 aliphatic heterocycles. The molecule has 0 fully saturated rings. The summed E-state index contributed by atoms with van der Waals surface area (Å²) >= 11 is 0. The molecule has 0 radical (unpaired) electrons. The van der Waals surface area contributed by atoms with Gasteiger partial charge in [-0.3, -0.25) is 13.9 Å². The molecule has 0 bridgehead atoms. The number of benzene rings is 2. The van der Waals surface area contributed by atoms with Gasteiger partial charge in [0.15, 0.2) is 10.8 Å². The van der Waals surface area contributed by atoms with Crippen LogP contribution in [0, 0.1) is 11.3 Å². The predicted molar refractivity (Wildman–Crippen MR) is 127 cm³/mol. The number of nitriles is 1. The molecule has 2 aromatic heterocycles. The van der Waals surface area contributed by atoms with Crippen molar-refractivity contribution in [2.75, 3.05) is 7.11 Å². The highest BCUT2D eigenvalue weighted by atomic mass is 32.2. The standard InChI is InChI=1S/C24H20N4O4S/c1-27-21-15-33(23(30)26-12-17-7-9-19(32-2)10-8-17)14-20(21)22(29)28(24(27)31)13-18-5-3-16(11-25)4-6-18/h3-10,14-15H,12-13H2,1-2H3/p+1. The summed E-state index contributed by atoms with van der Waals surface area (Å²) in [5.41, 5.74) is 1.70. The summed E-state index contributed by atoms with van der Waals surface area (Å²) in [5.74, 6) is 0.734. The molecule has 166 valence electrons. The first-order valence-corrected chi connectivity index (χ1v) is 11.4. The third-order valence-corrected chi connectivity index (χ3v) is 6.89. The number of aromatic nitrogens is 2. The number of rotatable bonds is 6. The molecule has 0 saturated carbocycles. The van der Waals surface area contributed by atoms with Crippen molar-refractivity contribution in [1.29, 1.82) is 5.26 Å². The van der Waals surface area contributed by atoms with E-state index in [0.29, 0.717) is 23.0 Å². The smallest absolute Gasteiger partial charge is 0.456 e. The van der Waals surface area contributed by atoms with E-state index in [9.17, 15) is 14.4 Å². The van der Waals surface area contributed by atoms with Crippen LogP contribution in [0.15, 0.2) is 68.9 Å². The fourth-order valence-electron chi connectivity index (χ4n) is 3.46. The van der Waals surface area contributed by atoms with Crippen molar-refractivity contribution in [3.05, 3.63) is 96.8 Å². The molecule has 0 spiro atoms. The highest BCUT2D eigenvalue weighted by Gasteiger charge is 2.24. The first-order chi connectivity index (χ1) is 15.9. The van der Waals surface area contributed by atoms with Gasteiger partial charge in [-0.05, 0) is 35.4 Å². The Morgan fingerprint density at radius 1 is 1.06 bits per heavy atom. The topological polar surface area (TPSA) is 106 Å². The summed E-state index contributed by atoms with van der Waals surface area (Å²) in [7, 11) is 2.21. The molecular formula is C24H21N4O4S+. The molecule has 1 atom stereocenters. The maximum absolute atomic E-state index is 13.1. The number of aryl methyl sites for hydroxylation is 1. The fraction of sp³-hybridized carbons (Fsp3) is 0.167. The number of carbonyl (C=O) groups is 1. The van der Waals surface area contributed by atoms with Crippen LogP contribution in [-0.4, -0.2) is 21.5 Å². The Morgan fingerprint density at radius 2 is 1.73 bits per heavy atom. The average Bonchev–Trinajstić information content (AvgIpc) is 3.30. The van der Waals surface area contributed by atoms with Gasteiger partial charge in [-0.1, -0.05) is 24.3 Å². The Bertz CT molecular complexity index is 1490. The highest BCUT2D eigenvalue weighted by Crippen LogP contribution is 2.26. The minimum absolute atomic E-state index is 0.0791. The van der Waals surface area contributed by atoms with E-state index in [-0.39, 0.29) is 11.8 Å². The van der Waals surface area contributed by atoms with E-state index in [1.54, 1.807) is 49.2 Å². The van der Waals surface area contributed by atoms with Gasteiger partial charge in [-0.2, -0.15) is 5.26 Å². The van der Waals surface area contributed by atoms with Crippen LogP contribution in [0.5, 0.6) is 5.75 Å². The molecule has 4 rings (SSSR count). The molecule has 8 nitrogen and oxygen atoms in total. The zero-order valence-electron chi connectivity index (χ0n) is 18.1. The minimum atomic E-state index is -0.970. The van der Waals surface area contributed by atoms with Gasteiger partial charge in [0.25, 0.3) is 5.56 Å². The number of methoxy groups -OCH3 is 1. The van der Waals surface area contributed by atoms with Crippen LogP contribution < -0.4 is 21.3 Å². The van der Waals surface area contributed by atoms with Crippen LogP contribution in [0.4, 0.5) is 4.79 Å². The Balaban J connectivity index is 1.61. The minimum Gasteiger partial charge on any atom is -0.497 e. The van der Waals surface area contributed by atoms with Crippen molar-refractivity contribution in [3.8, 4) is 11.8 Å². The Hall–Kier alpha value is -4.16. The van der Waals surface area contributed by atoms with Crippen molar-refractivity contribution >= 4 is 26.6 Å². The van der Waals surface area contributed by atoms with Crippen molar-refractivity contribution in [1.82, 2.24) is 14.5 Å². The molecule has 1 unspecified atom stereocenters. The van der Waals surface area contributed by atoms with E-state index in [2.05, 4.69) is 5.32 Å². The zero-order valence-corrected chi connectivity index (χ0v) is 18.9. The molecule has 1 N–H and O–H groups in total. The molecule has 33 heavy (non-hydrogen) atoms. The van der Waals surface area contributed by atoms with E-state index >= 15 is 0 Å². The fourth-order valence-corrected chi connectivity index (χ4v) is 4.98. The Labute approximate surface area is 191 Å². The molecule has 0 aliphatic rings. The third-order valence-electron chi connectivity index (χ3n) is 5.35. The van der Waals surface area contributed by atoms with Crippen molar-refractivity contribution in [2.45, 2.75) is 13.1 Å². The first-order valence-electron chi connectivity index (χ1n) is 10.1. The van der Waals surface area contributed by atoms with Crippen LogP contribution in [0.1, 0.15) is 16.7 Å². The lowest BCUT2D eigenvalue weighted by molar-refractivity contribution is 0.260. The number of amides is 1. The number of hydrogen-bond acceptors (Lipinski definition) is 5. The van der Waals surface area contributed by atoms with Crippen LogP contribution >= 0.6 is 10.5 Å². The third kappa shape index (κ3) is 4.42. The Morgan fingerprint density at radius 3 is 2.36 bits per heavy atom. The lowest BCUT2D eigenvalue weighted by Crippen LogP contribution is -2.38. The van der Waals surface area contributed by atoms with Crippen molar-refractivity contribution < 1.29 is 9.53 Å². The Kier molecular flexibility index (Phi) is 6.11. The normalized spacial score (nSPS) is 11.2. The highest BCUT2D eigenvalue weighted by molar-refractivity contribution is 7.49. The maximum atomic E-state index is 13.1. The summed E-state index contributed by atoms with van der Waals surface area (Å²) in [4.78, 5) is 38.7. The molecule has 4 aromatic rings. The van der Waals surface area contributed by atoms with Crippen LogP contribution in [0.3, 0.4) is 0 Å². The van der Waals surface area contributed by atoms with E-state index in [0.717, 1.165) is 21.4 Å². The molecular weight excluding hydrogens is 440 g/mol. The second kappa shape index (κ2) is 9.14. The van der Waals surface area contributed by atoms with Crippen LogP contribution in [0.25, 0.3) is 10.9 Å². The quantitative estimate of drug-likeness (QED) is 0.444. The largest absolute Gasteiger partial charge is 0.497 e.